The molecule has 0 fully saturated rings. The van der Waals surface area contributed by atoms with Crippen LogP contribution >= 0.6 is 11.6 Å². The smallest absolute Gasteiger partial charge is 0.335 e. The van der Waals surface area contributed by atoms with E-state index in [9.17, 15) is 14.4 Å². The van der Waals surface area contributed by atoms with Gasteiger partial charge in [-0.05, 0) is 73.0 Å². The Morgan fingerprint density at radius 2 is 1.86 bits per heavy atom. The monoisotopic (exact) mass is 508 g/mol. The highest BCUT2D eigenvalue weighted by molar-refractivity contribution is 6.31. The third kappa shape index (κ3) is 7.45. The Hall–Kier alpha value is -4.10. The van der Waals surface area contributed by atoms with Crippen molar-refractivity contribution in [1.82, 2.24) is 4.90 Å². The van der Waals surface area contributed by atoms with Gasteiger partial charge in [-0.2, -0.15) is 0 Å². The molecule has 0 bridgehead atoms. The van der Waals surface area contributed by atoms with Crippen molar-refractivity contribution in [1.29, 1.82) is 0 Å². The quantitative estimate of drug-likeness (QED) is 0.185. The van der Waals surface area contributed by atoms with E-state index in [1.807, 2.05) is 25.1 Å². The van der Waals surface area contributed by atoms with Crippen molar-refractivity contribution in [3.05, 3.63) is 112 Å². The molecule has 0 atom stereocenters. The summed E-state index contributed by atoms with van der Waals surface area (Å²) in [6, 6.07) is 9.41. The van der Waals surface area contributed by atoms with E-state index in [0.29, 0.717) is 28.3 Å². The number of rotatable bonds is 11. The zero-order valence-corrected chi connectivity index (χ0v) is 21.2. The van der Waals surface area contributed by atoms with E-state index in [2.05, 4.69) is 6.58 Å². The highest BCUT2D eigenvalue weighted by Gasteiger charge is 2.17. The Balaban J connectivity index is 1.97. The number of aldehydes is 1. The number of halogens is 1. The number of likely N-dealkylation sites (N-methyl/N-ethyl adjacent to an activating group) is 1. The molecule has 0 aromatic heterocycles. The molecule has 0 heterocycles. The summed E-state index contributed by atoms with van der Waals surface area (Å²) >= 11 is 6.08. The van der Waals surface area contributed by atoms with Gasteiger partial charge in [-0.25, -0.2) is 4.79 Å². The predicted octanol–water partition coefficient (Wildman–Crippen LogP) is 5.26. The van der Waals surface area contributed by atoms with Crippen LogP contribution in [-0.4, -0.2) is 48.4 Å². The van der Waals surface area contributed by atoms with Crippen LogP contribution in [0, 0.1) is 6.92 Å². The number of aromatic carboxylic acids is 1. The fourth-order valence-electron chi connectivity index (χ4n) is 3.22. The minimum Gasteiger partial charge on any atom is -0.488 e. The Bertz CT molecular complexity index is 1260. The highest BCUT2D eigenvalue weighted by Crippen LogP contribution is 2.23. The van der Waals surface area contributed by atoms with Gasteiger partial charge in [0.25, 0.3) is 5.91 Å². The molecule has 0 aliphatic heterocycles. The number of ether oxygens (including phenoxy) is 1. The topological polar surface area (TPSA) is 110 Å². The van der Waals surface area contributed by atoms with Crippen LogP contribution < -0.4 is 5.73 Å². The average Bonchev–Trinajstić information content (AvgIpc) is 2.86. The molecule has 2 aromatic rings. The first-order chi connectivity index (χ1) is 17.1. The van der Waals surface area contributed by atoms with Crippen molar-refractivity contribution in [3.8, 4) is 0 Å². The summed E-state index contributed by atoms with van der Waals surface area (Å²) in [6.07, 6.45) is 7.44. The van der Waals surface area contributed by atoms with Crippen LogP contribution in [-0.2, 0) is 4.74 Å². The van der Waals surface area contributed by atoms with E-state index in [1.54, 1.807) is 38.3 Å². The number of aryl methyl sites for hydroxylation is 1. The van der Waals surface area contributed by atoms with Crippen LogP contribution in [0.3, 0.4) is 0 Å². The number of benzene rings is 2. The summed E-state index contributed by atoms with van der Waals surface area (Å²) in [5.41, 5.74) is 9.25. The lowest BCUT2D eigenvalue weighted by Crippen LogP contribution is -2.28. The van der Waals surface area contributed by atoms with Crippen LogP contribution in [0.2, 0.25) is 5.02 Å². The molecule has 8 heteroatoms. The van der Waals surface area contributed by atoms with Gasteiger partial charge in [0.05, 0.1) is 16.8 Å². The molecule has 0 spiro atoms. The van der Waals surface area contributed by atoms with Gasteiger partial charge in [0.15, 0.2) is 6.29 Å². The number of hydrogen-bond acceptors (Lipinski definition) is 5. The molecule has 2 rings (SSSR count). The van der Waals surface area contributed by atoms with Gasteiger partial charge in [-0.15, -0.1) is 0 Å². The van der Waals surface area contributed by atoms with Gasteiger partial charge in [-0.1, -0.05) is 36.4 Å². The number of amides is 1. The largest absolute Gasteiger partial charge is 0.488 e. The van der Waals surface area contributed by atoms with Crippen molar-refractivity contribution in [2.45, 2.75) is 13.8 Å². The minimum absolute atomic E-state index is 0.0299. The molecule has 0 unspecified atom stereocenters. The number of hydrogen-bond donors (Lipinski definition) is 2. The Morgan fingerprint density at radius 3 is 2.47 bits per heavy atom. The fraction of sp³-hybridized carbons (Fsp3) is 0.179. The number of nitrogens with zero attached hydrogens (tertiary/aromatic N) is 1. The number of carboxylic acids is 1. The van der Waals surface area contributed by atoms with Gasteiger partial charge in [0, 0.05) is 24.2 Å². The van der Waals surface area contributed by atoms with Crippen molar-refractivity contribution < 1.29 is 24.2 Å². The first-order valence-corrected chi connectivity index (χ1v) is 11.4. The van der Waals surface area contributed by atoms with E-state index in [4.69, 9.17) is 27.2 Å². The van der Waals surface area contributed by atoms with Crippen molar-refractivity contribution in [2.75, 3.05) is 20.2 Å². The summed E-state index contributed by atoms with van der Waals surface area (Å²) in [5.74, 6) is -1.17. The maximum absolute atomic E-state index is 12.7. The summed E-state index contributed by atoms with van der Waals surface area (Å²) in [6.45, 7) is 8.21. The third-order valence-electron chi connectivity index (χ3n) is 5.29. The molecule has 2 aromatic carbocycles. The minimum atomic E-state index is -1.18. The highest BCUT2D eigenvalue weighted by atomic mass is 35.5. The van der Waals surface area contributed by atoms with Crippen molar-refractivity contribution in [3.63, 3.8) is 0 Å². The number of carbonyl (C=O) groups excluding carboxylic acids is 2. The average molecular weight is 509 g/mol. The Kier molecular flexibility index (Phi) is 10.2. The van der Waals surface area contributed by atoms with E-state index < -0.39 is 11.9 Å². The molecule has 1 amide bonds. The molecule has 0 radical (unpaired) electrons. The van der Waals surface area contributed by atoms with E-state index in [-0.39, 0.29) is 29.8 Å². The molecule has 0 saturated carbocycles. The lowest BCUT2D eigenvalue weighted by atomic mass is 10.0. The second-order valence-electron chi connectivity index (χ2n) is 7.93. The summed E-state index contributed by atoms with van der Waals surface area (Å²) in [4.78, 5) is 36.6. The predicted molar refractivity (Wildman–Crippen MR) is 142 cm³/mol. The van der Waals surface area contributed by atoms with Crippen LogP contribution in [0.15, 0.2) is 78.7 Å². The Labute approximate surface area is 215 Å². The normalized spacial score (nSPS) is 11.9. The molecule has 0 saturated heterocycles. The second-order valence-corrected chi connectivity index (χ2v) is 8.34. The zero-order chi connectivity index (χ0) is 26.8. The molecule has 36 heavy (non-hydrogen) atoms. The summed E-state index contributed by atoms with van der Waals surface area (Å²) < 4.78 is 5.74. The Morgan fingerprint density at radius 1 is 1.17 bits per heavy atom. The van der Waals surface area contributed by atoms with Gasteiger partial charge >= 0.3 is 5.97 Å². The van der Waals surface area contributed by atoms with E-state index >= 15 is 0 Å². The van der Waals surface area contributed by atoms with E-state index in [0.717, 1.165) is 11.1 Å². The van der Waals surface area contributed by atoms with Crippen molar-refractivity contribution in [2.24, 2.45) is 5.73 Å². The van der Waals surface area contributed by atoms with Crippen LogP contribution in [0.1, 0.15) is 49.1 Å². The van der Waals surface area contributed by atoms with Crippen molar-refractivity contribution >= 4 is 35.3 Å². The summed E-state index contributed by atoms with van der Waals surface area (Å²) in [7, 11) is 1.55. The molecule has 188 valence electrons. The van der Waals surface area contributed by atoms with Crippen LogP contribution in [0.4, 0.5) is 0 Å². The molecule has 7 nitrogen and oxygen atoms in total. The number of carboxylic acid groups (broad SMARTS) is 1. The van der Waals surface area contributed by atoms with Gasteiger partial charge in [-0.3, -0.25) is 9.59 Å². The standard InChI is InChI=1S/C28H29ClN2O5/c1-5-26(25(30)15-18(2)20-10-11-24(29)19(3)14-20)36-13-7-6-12-31(4)27(33)23-16-21(28(34)35)8-9-22(23)17-32/h5-11,14-17H,2,12-13,30H2,1,3-4H3,(H,34,35)/b7-6+,25-15+,26-5+. The molecular weight excluding hydrogens is 480 g/mol. The number of carbonyl (C=O) groups is 3. The maximum atomic E-state index is 12.7. The van der Waals surface area contributed by atoms with Crippen LogP contribution in [0.25, 0.3) is 5.57 Å². The van der Waals surface area contributed by atoms with Gasteiger partial charge in [0.1, 0.15) is 12.4 Å². The first kappa shape index (κ1) is 28.1. The van der Waals surface area contributed by atoms with Crippen LogP contribution in [0.5, 0.6) is 0 Å². The second kappa shape index (κ2) is 13.1. The van der Waals surface area contributed by atoms with E-state index in [1.165, 1.54) is 23.1 Å². The zero-order valence-electron chi connectivity index (χ0n) is 20.5. The lowest BCUT2D eigenvalue weighted by Gasteiger charge is -2.16. The number of nitrogens with two attached hydrogens (primary N) is 1. The first-order valence-electron chi connectivity index (χ1n) is 11.0. The fourth-order valence-corrected chi connectivity index (χ4v) is 3.34. The molecular formula is C28H29ClN2O5. The lowest BCUT2D eigenvalue weighted by molar-refractivity contribution is 0.0696. The van der Waals surface area contributed by atoms with Gasteiger partial charge in [0.2, 0.25) is 0 Å². The number of allylic oxidation sites excluding steroid dienone is 3. The maximum Gasteiger partial charge on any atom is 0.335 e. The third-order valence-corrected chi connectivity index (χ3v) is 5.71. The summed E-state index contributed by atoms with van der Waals surface area (Å²) in [5, 5.41) is 9.84. The SMILES string of the molecule is C=C(/C=C(N)\C(=C/C)OC/C=C/CN(C)C(=O)c1cc(C(=O)O)ccc1C=O)c1ccc(Cl)c(C)c1. The molecule has 3 N–H and O–H groups in total. The molecule has 0 aliphatic carbocycles. The van der Waals surface area contributed by atoms with Gasteiger partial charge < -0.3 is 20.5 Å². The molecule has 0 aliphatic rings.